The largest absolute Gasteiger partial charge is 0.508 e. The first-order chi connectivity index (χ1) is 6.81. The summed E-state index contributed by atoms with van der Waals surface area (Å²) in [5.41, 5.74) is 1.17. The molecule has 1 aromatic heterocycles. The molecule has 4 nitrogen and oxygen atoms in total. The van der Waals surface area contributed by atoms with Crippen molar-refractivity contribution in [3.8, 4) is 16.2 Å². The predicted octanol–water partition coefficient (Wildman–Crippen LogP) is 1.72. The number of carbonyl (C=O) groups excluding carboxylic acids is 1. The van der Waals surface area contributed by atoms with Crippen LogP contribution in [-0.4, -0.2) is 21.0 Å². The highest BCUT2D eigenvalue weighted by Gasteiger charge is 2.08. The smallest absolute Gasteiger partial charge is 0.171 e. The van der Waals surface area contributed by atoms with Crippen LogP contribution < -0.4 is 0 Å². The SMILES string of the molecule is O=Cc1nnsc1-c1ccc(O)cc1. The minimum Gasteiger partial charge on any atom is -0.508 e. The summed E-state index contributed by atoms with van der Waals surface area (Å²) in [6.07, 6.45) is 0.672. The van der Waals surface area contributed by atoms with Gasteiger partial charge in [0.15, 0.2) is 6.29 Å². The number of aromatic nitrogens is 2. The molecule has 0 spiro atoms. The zero-order chi connectivity index (χ0) is 9.97. The van der Waals surface area contributed by atoms with E-state index >= 15 is 0 Å². The van der Waals surface area contributed by atoms with Crippen LogP contribution >= 0.6 is 11.5 Å². The van der Waals surface area contributed by atoms with E-state index in [9.17, 15) is 4.79 Å². The van der Waals surface area contributed by atoms with Gasteiger partial charge in [0.2, 0.25) is 0 Å². The van der Waals surface area contributed by atoms with Crippen LogP contribution in [0.25, 0.3) is 10.4 Å². The van der Waals surface area contributed by atoms with Crippen molar-refractivity contribution in [2.45, 2.75) is 0 Å². The molecule has 0 atom stereocenters. The first-order valence-corrected chi connectivity index (χ1v) is 4.65. The van der Waals surface area contributed by atoms with Crippen molar-refractivity contribution in [1.82, 2.24) is 9.59 Å². The van der Waals surface area contributed by atoms with Gasteiger partial charge in [0, 0.05) is 0 Å². The van der Waals surface area contributed by atoms with Crippen LogP contribution in [0.2, 0.25) is 0 Å². The first kappa shape index (κ1) is 8.83. The summed E-state index contributed by atoms with van der Waals surface area (Å²) in [6, 6.07) is 6.56. The Labute approximate surface area is 84.0 Å². The highest BCUT2D eigenvalue weighted by Crippen LogP contribution is 2.26. The molecule has 1 N–H and O–H groups in total. The zero-order valence-electron chi connectivity index (χ0n) is 7.04. The van der Waals surface area contributed by atoms with Gasteiger partial charge in [-0.05, 0) is 41.4 Å². The van der Waals surface area contributed by atoms with Crippen molar-refractivity contribution in [3.05, 3.63) is 30.0 Å². The number of benzene rings is 1. The summed E-state index contributed by atoms with van der Waals surface area (Å²) in [4.78, 5) is 11.3. The fourth-order valence-corrected chi connectivity index (χ4v) is 1.72. The summed E-state index contributed by atoms with van der Waals surface area (Å²) in [5, 5.41) is 12.8. The molecule has 0 bridgehead atoms. The molecule has 0 fully saturated rings. The van der Waals surface area contributed by atoms with Crippen molar-refractivity contribution in [3.63, 3.8) is 0 Å². The van der Waals surface area contributed by atoms with Crippen LogP contribution in [0.4, 0.5) is 0 Å². The van der Waals surface area contributed by atoms with Crippen LogP contribution in [0, 0.1) is 0 Å². The number of phenolic OH excluding ortho intramolecular Hbond substituents is 1. The van der Waals surface area contributed by atoms with Crippen LogP contribution in [0.3, 0.4) is 0 Å². The predicted molar refractivity (Wildman–Crippen MR) is 52.4 cm³/mol. The molecule has 0 saturated carbocycles. The number of aldehydes is 1. The van der Waals surface area contributed by atoms with Gasteiger partial charge in [0.05, 0.1) is 4.88 Å². The second kappa shape index (κ2) is 3.55. The molecular weight excluding hydrogens is 200 g/mol. The van der Waals surface area contributed by atoms with Gasteiger partial charge in [-0.25, -0.2) is 0 Å². The lowest BCUT2D eigenvalue weighted by Gasteiger charge is -1.96. The monoisotopic (exact) mass is 206 g/mol. The van der Waals surface area contributed by atoms with E-state index in [0.29, 0.717) is 12.0 Å². The first-order valence-electron chi connectivity index (χ1n) is 3.88. The van der Waals surface area contributed by atoms with Crippen molar-refractivity contribution in [2.75, 3.05) is 0 Å². The van der Waals surface area contributed by atoms with Gasteiger partial charge in [-0.15, -0.1) is 5.10 Å². The Morgan fingerprint density at radius 2 is 2.00 bits per heavy atom. The Kier molecular flexibility index (Phi) is 2.24. The third kappa shape index (κ3) is 1.49. The molecule has 2 rings (SSSR count). The Bertz CT molecular complexity index is 450. The number of aromatic hydroxyl groups is 1. The maximum Gasteiger partial charge on any atom is 0.171 e. The number of phenols is 1. The topological polar surface area (TPSA) is 63.1 Å². The van der Waals surface area contributed by atoms with Crippen LogP contribution in [0.5, 0.6) is 5.75 Å². The van der Waals surface area contributed by atoms with E-state index in [4.69, 9.17) is 5.11 Å². The molecule has 70 valence electrons. The third-order valence-electron chi connectivity index (χ3n) is 1.75. The van der Waals surface area contributed by atoms with Crippen LogP contribution in [0.15, 0.2) is 24.3 Å². The summed E-state index contributed by atoms with van der Waals surface area (Å²) in [6.45, 7) is 0. The number of nitrogens with zero attached hydrogens (tertiary/aromatic N) is 2. The molecule has 0 aliphatic carbocycles. The van der Waals surface area contributed by atoms with Gasteiger partial charge in [-0.2, -0.15) is 0 Å². The third-order valence-corrected chi connectivity index (χ3v) is 2.55. The summed E-state index contributed by atoms with van der Waals surface area (Å²) in [5.74, 6) is 0.193. The highest BCUT2D eigenvalue weighted by molar-refractivity contribution is 7.09. The number of hydrogen-bond acceptors (Lipinski definition) is 5. The lowest BCUT2D eigenvalue weighted by molar-refractivity contribution is 0.111. The van der Waals surface area contributed by atoms with Crippen LogP contribution in [-0.2, 0) is 0 Å². The van der Waals surface area contributed by atoms with E-state index < -0.39 is 0 Å². The van der Waals surface area contributed by atoms with E-state index in [1.807, 2.05) is 0 Å². The minimum absolute atomic E-state index is 0.193. The second-order valence-electron chi connectivity index (χ2n) is 2.65. The summed E-state index contributed by atoms with van der Waals surface area (Å²) < 4.78 is 3.69. The lowest BCUT2D eigenvalue weighted by atomic mass is 10.1. The molecule has 2 aromatic rings. The normalized spacial score (nSPS) is 10.0. The molecule has 1 aromatic carbocycles. The molecule has 0 unspecified atom stereocenters. The summed E-state index contributed by atoms with van der Waals surface area (Å²) >= 11 is 1.16. The zero-order valence-corrected chi connectivity index (χ0v) is 7.86. The fourth-order valence-electron chi connectivity index (χ4n) is 1.09. The molecule has 1 heterocycles. The maximum atomic E-state index is 10.6. The molecular formula is C9H6N2O2S. The van der Waals surface area contributed by atoms with Crippen molar-refractivity contribution >= 4 is 17.8 Å². The molecule has 0 aliphatic heterocycles. The van der Waals surface area contributed by atoms with Gasteiger partial charge < -0.3 is 5.11 Å². The summed E-state index contributed by atoms with van der Waals surface area (Å²) in [7, 11) is 0. The Morgan fingerprint density at radius 1 is 1.29 bits per heavy atom. The number of carbonyl (C=O) groups is 1. The highest BCUT2D eigenvalue weighted by atomic mass is 32.1. The van der Waals surface area contributed by atoms with Gasteiger partial charge in [0.1, 0.15) is 11.4 Å². The molecule has 14 heavy (non-hydrogen) atoms. The quantitative estimate of drug-likeness (QED) is 0.760. The molecule has 0 radical (unpaired) electrons. The minimum atomic E-state index is 0.193. The Balaban J connectivity index is 2.49. The lowest BCUT2D eigenvalue weighted by Crippen LogP contribution is -1.83. The van der Waals surface area contributed by atoms with Crippen molar-refractivity contribution in [1.29, 1.82) is 0 Å². The average molecular weight is 206 g/mol. The molecule has 0 saturated heterocycles. The van der Waals surface area contributed by atoms with Crippen molar-refractivity contribution < 1.29 is 9.90 Å². The molecule has 0 aliphatic rings. The second-order valence-corrected chi connectivity index (χ2v) is 3.41. The number of rotatable bonds is 2. The van der Waals surface area contributed by atoms with Crippen LogP contribution in [0.1, 0.15) is 10.5 Å². The maximum absolute atomic E-state index is 10.6. The van der Waals surface area contributed by atoms with E-state index in [0.717, 1.165) is 22.0 Å². The molecule has 0 amide bonds. The average Bonchev–Trinajstić information content (AvgIpc) is 2.67. The molecule has 5 heteroatoms. The van der Waals surface area contributed by atoms with Gasteiger partial charge in [-0.3, -0.25) is 4.79 Å². The van der Waals surface area contributed by atoms with E-state index in [1.54, 1.807) is 24.3 Å². The number of hydrogen-bond donors (Lipinski definition) is 1. The van der Waals surface area contributed by atoms with Gasteiger partial charge >= 0.3 is 0 Å². The van der Waals surface area contributed by atoms with Gasteiger partial charge in [-0.1, -0.05) is 4.49 Å². The van der Waals surface area contributed by atoms with E-state index in [1.165, 1.54) is 0 Å². The van der Waals surface area contributed by atoms with Gasteiger partial charge in [0.25, 0.3) is 0 Å². The van der Waals surface area contributed by atoms with Crippen molar-refractivity contribution in [2.24, 2.45) is 0 Å². The fraction of sp³-hybridized carbons (Fsp3) is 0. The van der Waals surface area contributed by atoms with E-state index in [2.05, 4.69) is 9.59 Å². The van der Waals surface area contributed by atoms with E-state index in [-0.39, 0.29) is 5.75 Å². The Morgan fingerprint density at radius 3 is 2.64 bits per heavy atom. The standard InChI is InChI=1S/C9H6N2O2S/c12-5-8-9(14-11-10-8)6-1-3-7(13)4-2-6/h1-5,13H. The Hall–Kier alpha value is -1.75.